The first-order chi connectivity index (χ1) is 7.11. The molecule has 1 aromatic carbocycles. The van der Waals surface area contributed by atoms with Gasteiger partial charge in [0.05, 0.1) is 7.11 Å². The summed E-state index contributed by atoms with van der Waals surface area (Å²) in [5, 5.41) is 8.65. The summed E-state index contributed by atoms with van der Waals surface area (Å²) in [5.74, 6) is -1.59. The van der Waals surface area contributed by atoms with Crippen LogP contribution < -0.4 is 10.5 Å². The van der Waals surface area contributed by atoms with Crippen molar-refractivity contribution in [2.45, 2.75) is 12.5 Å². The van der Waals surface area contributed by atoms with E-state index in [-0.39, 0.29) is 36.7 Å². The minimum absolute atomic E-state index is 0. The number of hydrogen-bond acceptors (Lipinski definition) is 3. The number of hydrogen-bond donors (Lipinski definition) is 2. The molecule has 3 N–H and O–H groups in total. The molecule has 0 amide bonds. The lowest BCUT2D eigenvalue weighted by Gasteiger charge is -2.14. The molecule has 1 aromatic rings. The number of benzene rings is 1. The first-order valence-electron chi connectivity index (χ1n) is 4.50. The zero-order valence-electron chi connectivity index (χ0n) is 8.74. The van der Waals surface area contributed by atoms with E-state index in [0.29, 0.717) is 0 Å². The van der Waals surface area contributed by atoms with Crippen LogP contribution in [0, 0.1) is 11.6 Å². The van der Waals surface area contributed by atoms with Gasteiger partial charge in [-0.15, -0.1) is 12.4 Å². The first-order valence-corrected chi connectivity index (χ1v) is 4.50. The molecule has 0 heterocycles. The summed E-state index contributed by atoms with van der Waals surface area (Å²) in [7, 11) is 1.29. The molecule has 3 nitrogen and oxygen atoms in total. The van der Waals surface area contributed by atoms with Crippen LogP contribution in [0.1, 0.15) is 18.0 Å². The maximum atomic E-state index is 13.6. The Kier molecular flexibility index (Phi) is 6.25. The van der Waals surface area contributed by atoms with Crippen LogP contribution in [-0.4, -0.2) is 18.8 Å². The lowest BCUT2D eigenvalue weighted by atomic mass is 10.0. The summed E-state index contributed by atoms with van der Waals surface area (Å²) in [6.45, 7) is -0.225. The number of aliphatic hydroxyl groups is 1. The highest BCUT2D eigenvalue weighted by Gasteiger charge is 2.19. The van der Waals surface area contributed by atoms with Gasteiger partial charge < -0.3 is 15.6 Å². The van der Waals surface area contributed by atoms with E-state index < -0.39 is 17.7 Å². The van der Waals surface area contributed by atoms with Crippen molar-refractivity contribution in [1.29, 1.82) is 0 Å². The molecular weight excluding hydrogens is 240 g/mol. The Morgan fingerprint density at radius 3 is 2.56 bits per heavy atom. The van der Waals surface area contributed by atoms with Gasteiger partial charge in [0.2, 0.25) is 0 Å². The molecule has 0 aliphatic rings. The second-order valence-electron chi connectivity index (χ2n) is 3.10. The van der Waals surface area contributed by atoms with Crippen LogP contribution in [0.15, 0.2) is 12.1 Å². The lowest BCUT2D eigenvalue weighted by molar-refractivity contribution is 0.273. The Balaban J connectivity index is 0.00000225. The van der Waals surface area contributed by atoms with Gasteiger partial charge in [0.1, 0.15) is 5.82 Å². The van der Waals surface area contributed by atoms with E-state index in [4.69, 9.17) is 15.6 Å². The summed E-state index contributed by atoms with van der Waals surface area (Å²) in [4.78, 5) is 0. The largest absolute Gasteiger partial charge is 0.494 e. The van der Waals surface area contributed by atoms with Gasteiger partial charge in [-0.3, -0.25) is 0 Å². The van der Waals surface area contributed by atoms with Crippen molar-refractivity contribution < 1.29 is 18.6 Å². The fraction of sp³-hybridized carbons (Fsp3) is 0.400. The van der Waals surface area contributed by atoms with Crippen molar-refractivity contribution in [2.24, 2.45) is 5.73 Å². The number of ether oxygens (including phenoxy) is 1. The monoisotopic (exact) mass is 253 g/mol. The number of nitrogens with two attached hydrogens (primary N) is 1. The average molecular weight is 254 g/mol. The van der Waals surface area contributed by atoms with Gasteiger partial charge in [-0.05, 0) is 18.6 Å². The zero-order valence-corrected chi connectivity index (χ0v) is 9.56. The van der Waals surface area contributed by atoms with Crippen LogP contribution in [0.5, 0.6) is 5.75 Å². The fourth-order valence-corrected chi connectivity index (χ4v) is 1.33. The molecule has 1 atom stereocenters. The lowest BCUT2D eigenvalue weighted by Crippen LogP contribution is -2.16. The molecular formula is C10H14ClF2NO2. The van der Waals surface area contributed by atoms with Crippen LogP contribution in [-0.2, 0) is 0 Å². The highest BCUT2D eigenvalue weighted by Crippen LogP contribution is 2.27. The van der Waals surface area contributed by atoms with E-state index in [1.807, 2.05) is 0 Å². The maximum Gasteiger partial charge on any atom is 0.172 e. The molecule has 0 aliphatic carbocycles. The number of methoxy groups -OCH3 is 1. The molecule has 0 spiro atoms. The third kappa shape index (κ3) is 3.04. The molecule has 0 radical (unpaired) electrons. The standard InChI is InChI=1S/C10H13F2NO2.ClH/c1-15-8-3-2-6(11)9(10(8)12)7(13)4-5-14;/h2-3,7,14H,4-5,13H2,1H3;1H/t7-;/m0./s1. The van der Waals surface area contributed by atoms with E-state index >= 15 is 0 Å². The fourth-order valence-electron chi connectivity index (χ4n) is 1.33. The van der Waals surface area contributed by atoms with Crippen molar-refractivity contribution in [3.63, 3.8) is 0 Å². The Labute approximate surface area is 98.6 Å². The zero-order chi connectivity index (χ0) is 11.4. The molecule has 0 fully saturated rings. The van der Waals surface area contributed by atoms with Gasteiger partial charge in [-0.1, -0.05) is 0 Å². The maximum absolute atomic E-state index is 13.6. The van der Waals surface area contributed by atoms with Crippen LogP contribution in [0.3, 0.4) is 0 Å². The predicted molar refractivity (Wildman–Crippen MR) is 58.8 cm³/mol. The molecule has 16 heavy (non-hydrogen) atoms. The summed E-state index contributed by atoms with van der Waals surface area (Å²) < 4.78 is 31.6. The second kappa shape index (κ2) is 6.62. The van der Waals surface area contributed by atoms with Crippen LogP contribution in [0.25, 0.3) is 0 Å². The first kappa shape index (κ1) is 15.1. The van der Waals surface area contributed by atoms with Gasteiger partial charge >= 0.3 is 0 Å². The van der Waals surface area contributed by atoms with Gasteiger partial charge in [0, 0.05) is 18.2 Å². The topological polar surface area (TPSA) is 55.5 Å². The average Bonchev–Trinajstić information content (AvgIpc) is 2.18. The van der Waals surface area contributed by atoms with Gasteiger partial charge in [-0.25, -0.2) is 8.78 Å². The quantitative estimate of drug-likeness (QED) is 0.860. The number of halogens is 3. The Morgan fingerprint density at radius 2 is 2.06 bits per heavy atom. The summed E-state index contributed by atoms with van der Waals surface area (Å²) in [6, 6.07) is 1.42. The molecule has 1 rings (SSSR count). The highest BCUT2D eigenvalue weighted by molar-refractivity contribution is 5.85. The van der Waals surface area contributed by atoms with E-state index in [1.54, 1.807) is 0 Å². The van der Waals surface area contributed by atoms with Crippen LogP contribution in [0.4, 0.5) is 8.78 Å². The molecule has 0 saturated carbocycles. The number of aliphatic hydroxyl groups excluding tert-OH is 1. The van der Waals surface area contributed by atoms with Crippen molar-refractivity contribution in [3.8, 4) is 5.75 Å². The molecule has 0 bridgehead atoms. The summed E-state index contributed by atoms with van der Waals surface area (Å²) in [6.07, 6.45) is 0.0982. The van der Waals surface area contributed by atoms with Crippen LogP contribution in [0.2, 0.25) is 0 Å². The van der Waals surface area contributed by atoms with E-state index in [0.717, 1.165) is 6.07 Å². The normalized spacial score (nSPS) is 11.8. The molecule has 6 heteroatoms. The summed E-state index contributed by atoms with van der Waals surface area (Å²) >= 11 is 0. The minimum atomic E-state index is -0.870. The van der Waals surface area contributed by atoms with Crippen molar-refractivity contribution in [3.05, 3.63) is 29.3 Å². The van der Waals surface area contributed by atoms with Gasteiger partial charge in [0.25, 0.3) is 0 Å². The van der Waals surface area contributed by atoms with E-state index in [1.165, 1.54) is 13.2 Å². The Morgan fingerprint density at radius 1 is 1.44 bits per heavy atom. The molecule has 0 saturated heterocycles. The minimum Gasteiger partial charge on any atom is -0.494 e. The van der Waals surface area contributed by atoms with Crippen molar-refractivity contribution in [1.82, 2.24) is 0 Å². The van der Waals surface area contributed by atoms with Gasteiger partial charge in [-0.2, -0.15) is 0 Å². The van der Waals surface area contributed by atoms with Crippen molar-refractivity contribution >= 4 is 12.4 Å². The highest BCUT2D eigenvalue weighted by atomic mass is 35.5. The number of rotatable bonds is 4. The molecule has 0 aromatic heterocycles. The van der Waals surface area contributed by atoms with E-state index in [2.05, 4.69) is 0 Å². The van der Waals surface area contributed by atoms with Crippen LogP contribution >= 0.6 is 12.4 Å². The SMILES string of the molecule is COc1ccc(F)c([C@@H](N)CCO)c1F.Cl. The summed E-state index contributed by atoms with van der Waals surface area (Å²) in [5.41, 5.74) is 5.29. The van der Waals surface area contributed by atoms with E-state index in [9.17, 15) is 8.78 Å². The Bertz CT molecular complexity index is 350. The third-order valence-electron chi connectivity index (χ3n) is 2.12. The van der Waals surface area contributed by atoms with Crippen molar-refractivity contribution in [2.75, 3.05) is 13.7 Å². The third-order valence-corrected chi connectivity index (χ3v) is 2.12. The van der Waals surface area contributed by atoms with Gasteiger partial charge in [0.15, 0.2) is 11.6 Å². The smallest absolute Gasteiger partial charge is 0.172 e. The molecule has 0 aliphatic heterocycles. The molecule has 92 valence electrons. The molecule has 0 unspecified atom stereocenters. The second-order valence-corrected chi connectivity index (χ2v) is 3.10. The Hall–Kier alpha value is -0.910. The predicted octanol–water partition coefficient (Wildman–Crippen LogP) is 1.78.